The Hall–Kier alpha value is -3.51. The molecule has 3 aromatic carbocycles. The zero-order valence-corrected chi connectivity index (χ0v) is 16.6. The molecule has 0 aliphatic rings. The molecule has 0 radical (unpaired) electrons. The Bertz CT molecular complexity index is 1150. The van der Waals surface area contributed by atoms with E-state index in [1.54, 1.807) is 23.5 Å². The van der Waals surface area contributed by atoms with Crippen LogP contribution in [0.25, 0.3) is 20.8 Å². The number of anilines is 2. The molecule has 0 unspecified atom stereocenters. The Kier molecular flexibility index (Phi) is 5.35. The van der Waals surface area contributed by atoms with Gasteiger partial charge in [-0.3, -0.25) is 9.59 Å². The summed E-state index contributed by atoms with van der Waals surface area (Å²) in [7, 11) is 0. The summed E-state index contributed by atoms with van der Waals surface area (Å²) < 4.78 is 1.11. The minimum atomic E-state index is -0.123. The quantitative estimate of drug-likeness (QED) is 0.489. The molecular formula is C23H19N3O2S. The highest BCUT2D eigenvalue weighted by atomic mass is 32.1. The number of carbonyl (C=O) groups is 2. The lowest BCUT2D eigenvalue weighted by molar-refractivity contribution is -0.116. The molecule has 2 amide bonds. The summed E-state index contributed by atoms with van der Waals surface area (Å²) in [6.45, 7) is 1.46. The van der Waals surface area contributed by atoms with Gasteiger partial charge < -0.3 is 10.6 Å². The molecule has 4 rings (SSSR count). The number of hydrogen-bond donors (Lipinski definition) is 2. The first-order chi connectivity index (χ1) is 14.1. The molecular weight excluding hydrogens is 382 g/mol. The maximum Gasteiger partial charge on any atom is 0.228 e. The third-order valence-electron chi connectivity index (χ3n) is 4.36. The zero-order chi connectivity index (χ0) is 20.2. The van der Waals surface area contributed by atoms with Crippen LogP contribution in [0.3, 0.4) is 0 Å². The third kappa shape index (κ3) is 4.50. The minimum Gasteiger partial charge on any atom is -0.326 e. The van der Waals surface area contributed by atoms with Gasteiger partial charge in [-0.2, -0.15) is 0 Å². The second-order valence-electron chi connectivity index (χ2n) is 6.64. The number of aromatic nitrogens is 1. The Balaban J connectivity index is 1.51. The Morgan fingerprint density at radius 2 is 1.62 bits per heavy atom. The van der Waals surface area contributed by atoms with Crippen LogP contribution in [0.2, 0.25) is 0 Å². The van der Waals surface area contributed by atoms with E-state index in [1.807, 2.05) is 60.7 Å². The summed E-state index contributed by atoms with van der Waals surface area (Å²) in [5.74, 6) is -0.229. The number of nitrogens with zero attached hydrogens (tertiary/aromatic N) is 1. The van der Waals surface area contributed by atoms with Gasteiger partial charge in [0.2, 0.25) is 11.8 Å². The van der Waals surface area contributed by atoms with Crippen LogP contribution in [0.1, 0.15) is 12.5 Å². The second kappa shape index (κ2) is 8.24. The van der Waals surface area contributed by atoms with Crippen LogP contribution >= 0.6 is 11.3 Å². The molecule has 2 N–H and O–H groups in total. The van der Waals surface area contributed by atoms with Crippen LogP contribution in [0, 0.1) is 0 Å². The van der Waals surface area contributed by atoms with Crippen LogP contribution < -0.4 is 10.6 Å². The van der Waals surface area contributed by atoms with Crippen molar-refractivity contribution in [1.29, 1.82) is 0 Å². The molecule has 0 aliphatic carbocycles. The first-order valence-electron chi connectivity index (χ1n) is 9.20. The molecule has 144 valence electrons. The van der Waals surface area contributed by atoms with Gasteiger partial charge in [0.25, 0.3) is 0 Å². The monoisotopic (exact) mass is 401 g/mol. The van der Waals surface area contributed by atoms with E-state index in [-0.39, 0.29) is 18.2 Å². The summed E-state index contributed by atoms with van der Waals surface area (Å²) in [5.41, 5.74) is 4.18. The van der Waals surface area contributed by atoms with Gasteiger partial charge in [0.15, 0.2) is 0 Å². The van der Waals surface area contributed by atoms with E-state index in [0.717, 1.165) is 32.0 Å². The molecule has 0 aliphatic heterocycles. The smallest absolute Gasteiger partial charge is 0.228 e. The van der Waals surface area contributed by atoms with Gasteiger partial charge in [-0.25, -0.2) is 4.98 Å². The van der Waals surface area contributed by atoms with Gasteiger partial charge >= 0.3 is 0 Å². The topological polar surface area (TPSA) is 71.1 Å². The molecule has 5 nitrogen and oxygen atoms in total. The number of fused-ring (bicyclic) bond motifs is 1. The lowest BCUT2D eigenvalue weighted by Gasteiger charge is -2.10. The van der Waals surface area contributed by atoms with E-state index in [4.69, 9.17) is 4.98 Å². The predicted octanol–water partition coefficient (Wildman–Crippen LogP) is 5.10. The fraction of sp³-hybridized carbons (Fsp3) is 0.0870. The van der Waals surface area contributed by atoms with Crippen molar-refractivity contribution in [2.24, 2.45) is 0 Å². The number of carbonyl (C=O) groups excluding carboxylic acids is 2. The van der Waals surface area contributed by atoms with E-state index >= 15 is 0 Å². The molecule has 0 atom stereocenters. The first-order valence-corrected chi connectivity index (χ1v) is 10.0. The molecule has 0 fully saturated rings. The highest BCUT2D eigenvalue weighted by Crippen LogP contribution is 2.34. The van der Waals surface area contributed by atoms with Crippen LogP contribution in [-0.4, -0.2) is 16.8 Å². The van der Waals surface area contributed by atoms with E-state index in [9.17, 15) is 9.59 Å². The second-order valence-corrected chi connectivity index (χ2v) is 7.67. The molecule has 0 bridgehead atoms. The van der Waals surface area contributed by atoms with Gasteiger partial charge in [-0.05, 0) is 42.0 Å². The van der Waals surface area contributed by atoms with Gasteiger partial charge in [0, 0.05) is 18.2 Å². The number of amides is 2. The van der Waals surface area contributed by atoms with Crippen LogP contribution in [0.15, 0.2) is 72.8 Å². The van der Waals surface area contributed by atoms with Crippen molar-refractivity contribution >= 4 is 44.7 Å². The molecule has 29 heavy (non-hydrogen) atoms. The summed E-state index contributed by atoms with van der Waals surface area (Å²) in [4.78, 5) is 28.4. The van der Waals surface area contributed by atoms with E-state index < -0.39 is 0 Å². The standard InChI is InChI=1S/C23H19N3O2S/c1-15(27)24-17-12-10-16(11-13-17)14-22(28)25-19-7-3-2-6-18(19)23-26-20-8-4-5-9-21(20)29-23/h2-13H,14H2,1H3,(H,24,27)(H,25,28). The van der Waals surface area contributed by atoms with Gasteiger partial charge in [0.1, 0.15) is 5.01 Å². The van der Waals surface area contributed by atoms with Gasteiger partial charge in [-0.1, -0.05) is 36.4 Å². The van der Waals surface area contributed by atoms with E-state index in [2.05, 4.69) is 10.6 Å². The van der Waals surface area contributed by atoms with Gasteiger partial charge in [-0.15, -0.1) is 11.3 Å². The number of rotatable bonds is 5. The molecule has 0 saturated heterocycles. The Morgan fingerprint density at radius 1 is 0.897 bits per heavy atom. The lowest BCUT2D eigenvalue weighted by atomic mass is 10.1. The SMILES string of the molecule is CC(=O)Nc1ccc(CC(=O)Nc2ccccc2-c2nc3ccccc3s2)cc1. The van der Waals surface area contributed by atoms with Crippen molar-refractivity contribution in [2.75, 3.05) is 10.6 Å². The van der Waals surface area contributed by atoms with Crippen molar-refractivity contribution in [3.8, 4) is 10.6 Å². The predicted molar refractivity (Wildman–Crippen MR) is 118 cm³/mol. The Morgan fingerprint density at radius 3 is 2.38 bits per heavy atom. The molecule has 4 aromatic rings. The number of hydrogen-bond acceptors (Lipinski definition) is 4. The minimum absolute atomic E-state index is 0.106. The summed E-state index contributed by atoms with van der Waals surface area (Å²) in [6, 6.07) is 22.9. The van der Waals surface area contributed by atoms with Crippen LogP contribution in [-0.2, 0) is 16.0 Å². The number of para-hydroxylation sites is 2. The molecule has 1 heterocycles. The maximum atomic E-state index is 12.6. The zero-order valence-electron chi connectivity index (χ0n) is 15.8. The van der Waals surface area contributed by atoms with Crippen molar-refractivity contribution in [1.82, 2.24) is 4.98 Å². The van der Waals surface area contributed by atoms with Crippen LogP contribution in [0.4, 0.5) is 11.4 Å². The third-order valence-corrected chi connectivity index (χ3v) is 5.43. The summed E-state index contributed by atoms with van der Waals surface area (Å²) in [5, 5.41) is 6.60. The number of nitrogens with one attached hydrogen (secondary N) is 2. The normalized spacial score (nSPS) is 10.7. The molecule has 0 spiro atoms. The fourth-order valence-electron chi connectivity index (χ4n) is 3.06. The highest BCUT2D eigenvalue weighted by molar-refractivity contribution is 7.21. The average molecular weight is 401 g/mol. The van der Waals surface area contributed by atoms with Gasteiger partial charge in [0.05, 0.1) is 22.3 Å². The van der Waals surface area contributed by atoms with Crippen molar-refractivity contribution in [3.63, 3.8) is 0 Å². The van der Waals surface area contributed by atoms with Crippen molar-refractivity contribution in [2.45, 2.75) is 13.3 Å². The van der Waals surface area contributed by atoms with Crippen molar-refractivity contribution < 1.29 is 9.59 Å². The number of benzene rings is 3. The highest BCUT2D eigenvalue weighted by Gasteiger charge is 2.12. The average Bonchev–Trinajstić information content (AvgIpc) is 3.13. The molecule has 1 aromatic heterocycles. The fourth-order valence-corrected chi connectivity index (χ4v) is 4.06. The van der Waals surface area contributed by atoms with E-state index in [1.165, 1.54) is 6.92 Å². The lowest BCUT2D eigenvalue weighted by Crippen LogP contribution is -2.15. The number of thiazole rings is 1. The molecule has 0 saturated carbocycles. The largest absolute Gasteiger partial charge is 0.326 e. The summed E-state index contributed by atoms with van der Waals surface area (Å²) in [6.07, 6.45) is 0.245. The maximum absolute atomic E-state index is 12.6. The molecule has 6 heteroatoms. The Labute approximate surface area is 172 Å². The van der Waals surface area contributed by atoms with Crippen molar-refractivity contribution in [3.05, 3.63) is 78.4 Å². The first kappa shape index (κ1) is 18.8. The van der Waals surface area contributed by atoms with E-state index in [0.29, 0.717) is 5.69 Å². The summed E-state index contributed by atoms with van der Waals surface area (Å²) >= 11 is 1.61. The van der Waals surface area contributed by atoms with Crippen LogP contribution in [0.5, 0.6) is 0 Å².